The van der Waals surface area contributed by atoms with Crippen LogP contribution in [0.2, 0.25) is 0 Å². The molecule has 2 saturated heterocycles. The van der Waals surface area contributed by atoms with Gasteiger partial charge >= 0.3 is 0 Å². The predicted molar refractivity (Wildman–Crippen MR) is 113 cm³/mol. The number of nitriles is 1. The number of thiocarbonyl (C=S) groups is 1. The van der Waals surface area contributed by atoms with Crippen molar-refractivity contribution in [3.63, 3.8) is 0 Å². The first-order valence-electron chi connectivity index (χ1n) is 9.62. The fourth-order valence-electron chi connectivity index (χ4n) is 3.24. The monoisotopic (exact) mass is 380 g/mol. The Balaban J connectivity index is 0.000000314. The average molecular weight is 381 g/mol. The van der Waals surface area contributed by atoms with E-state index in [0.717, 1.165) is 51.0 Å². The summed E-state index contributed by atoms with van der Waals surface area (Å²) in [7, 11) is 0. The van der Waals surface area contributed by atoms with E-state index in [1.54, 1.807) is 0 Å². The Morgan fingerprint density at radius 3 is 1.77 bits per heavy atom. The first-order chi connectivity index (χ1) is 12.3. The van der Waals surface area contributed by atoms with Crippen molar-refractivity contribution in [3.8, 4) is 6.07 Å². The maximum absolute atomic E-state index is 9.03. The number of allylic oxidation sites excluding steroid dienone is 1. The van der Waals surface area contributed by atoms with E-state index in [1.165, 1.54) is 13.1 Å². The van der Waals surface area contributed by atoms with Gasteiger partial charge in [0, 0.05) is 70.1 Å². The highest BCUT2D eigenvalue weighted by Gasteiger charge is 2.20. The Labute approximate surface area is 165 Å². The second-order valence-corrected chi connectivity index (χ2v) is 7.87. The van der Waals surface area contributed by atoms with Gasteiger partial charge in [0.2, 0.25) is 0 Å². The first kappa shape index (κ1) is 22.8. The van der Waals surface area contributed by atoms with Crippen molar-refractivity contribution in [2.75, 3.05) is 52.4 Å². The molecule has 26 heavy (non-hydrogen) atoms. The van der Waals surface area contributed by atoms with E-state index in [1.807, 2.05) is 6.92 Å². The first-order valence-corrected chi connectivity index (χ1v) is 10.0. The van der Waals surface area contributed by atoms with Crippen molar-refractivity contribution >= 4 is 17.2 Å². The molecule has 0 amide bonds. The predicted octanol–water partition coefficient (Wildman–Crippen LogP) is 1.40. The molecule has 0 bridgehead atoms. The van der Waals surface area contributed by atoms with E-state index < -0.39 is 0 Å². The zero-order valence-electron chi connectivity index (χ0n) is 17.1. The molecule has 0 radical (unpaired) electrons. The molecule has 0 unspecified atom stereocenters. The van der Waals surface area contributed by atoms with Gasteiger partial charge in [-0.1, -0.05) is 12.2 Å². The van der Waals surface area contributed by atoms with Gasteiger partial charge < -0.3 is 16.0 Å². The van der Waals surface area contributed by atoms with Gasteiger partial charge in [-0.15, -0.1) is 0 Å². The lowest BCUT2D eigenvalue weighted by atomic mass is 10.2. The molecule has 0 spiro atoms. The van der Waals surface area contributed by atoms with Gasteiger partial charge in [0.1, 0.15) is 16.6 Å². The maximum atomic E-state index is 9.03. The minimum atomic E-state index is 0.191. The van der Waals surface area contributed by atoms with Gasteiger partial charge in [-0.05, 0) is 34.6 Å². The zero-order valence-corrected chi connectivity index (χ0v) is 17.9. The molecule has 2 aliphatic heterocycles. The second-order valence-electron chi connectivity index (χ2n) is 7.43. The van der Waals surface area contributed by atoms with Crippen molar-refractivity contribution in [2.45, 2.75) is 46.7 Å². The number of hydrogen-bond acceptors (Lipinski definition) is 6. The van der Waals surface area contributed by atoms with Crippen molar-refractivity contribution in [2.24, 2.45) is 5.73 Å². The van der Waals surface area contributed by atoms with Crippen LogP contribution in [0, 0.1) is 11.3 Å². The molecule has 3 N–H and O–H groups in total. The molecule has 0 aliphatic carbocycles. The number of nitrogens with one attached hydrogen (secondary N) is 1. The van der Waals surface area contributed by atoms with Gasteiger partial charge in [0.05, 0.1) is 0 Å². The van der Waals surface area contributed by atoms with Crippen LogP contribution < -0.4 is 11.1 Å². The number of nitrogens with zero attached hydrogens (tertiary/aromatic N) is 4. The molecular weight excluding hydrogens is 344 g/mol. The summed E-state index contributed by atoms with van der Waals surface area (Å²) in [5, 5.41) is 12.4. The molecular formula is C19H36N6S. The fourth-order valence-corrected chi connectivity index (χ4v) is 3.44. The molecule has 2 heterocycles. The van der Waals surface area contributed by atoms with Crippen LogP contribution in [0.3, 0.4) is 0 Å². The van der Waals surface area contributed by atoms with E-state index in [2.05, 4.69) is 53.8 Å². The summed E-state index contributed by atoms with van der Waals surface area (Å²) >= 11 is 4.89. The van der Waals surface area contributed by atoms with Crippen LogP contribution in [-0.2, 0) is 0 Å². The molecule has 0 saturated carbocycles. The lowest BCUT2D eigenvalue weighted by Crippen LogP contribution is -2.48. The van der Waals surface area contributed by atoms with Crippen LogP contribution in [0.5, 0.6) is 0 Å². The summed E-state index contributed by atoms with van der Waals surface area (Å²) < 4.78 is 0. The molecule has 0 atom stereocenters. The Hall–Kier alpha value is -1.20. The third-order valence-electron chi connectivity index (χ3n) is 5.12. The molecule has 0 aromatic heterocycles. The number of rotatable bonds is 4. The topological polar surface area (TPSA) is 71.6 Å². The molecule has 2 fully saturated rings. The minimum absolute atomic E-state index is 0.191. The van der Waals surface area contributed by atoms with Gasteiger partial charge in [-0.25, -0.2) is 0 Å². The molecule has 148 valence electrons. The van der Waals surface area contributed by atoms with E-state index in [0.29, 0.717) is 11.6 Å². The van der Waals surface area contributed by atoms with E-state index in [-0.39, 0.29) is 4.99 Å². The smallest absolute Gasteiger partial charge is 0.116 e. The quantitative estimate of drug-likeness (QED) is 0.434. The van der Waals surface area contributed by atoms with Crippen LogP contribution in [0.15, 0.2) is 11.3 Å². The summed E-state index contributed by atoms with van der Waals surface area (Å²) in [5.74, 6) is 0. The molecule has 7 heteroatoms. The Bertz CT molecular complexity index is 509. The summed E-state index contributed by atoms with van der Waals surface area (Å²) in [6.45, 7) is 19.5. The SMILES string of the molecule is C/C(=C(\C#N)C(N)=S)N1CCN(C(C)C)CC1.CC(C)N1CCNCC1. The average Bonchev–Trinajstić information content (AvgIpc) is 2.63. The third-order valence-corrected chi connectivity index (χ3v) is 5.32. The molecule has 0 aromatic carbocycles. The summed E-state index contributed by atoms with van der Waals surface area (Å²) in [4.78, 5) is 7.31. The fraction of sp³-hybridized carbons (Fsp3) is 0.789. The normalized spacial score (nSPS) is 20.3. The summed E-state index contributed by atoms with van der Waals surface area (Å²) in [5.41, 5.74) is 6.89. The van der Waals surface area contributed by atoms with Crippen LogP contribution in [0.4, 0.5) is 0 Å². The number of piperazine rings is 2. The molecule has 2 rings (SSSR count). The van der Waals surface area contributed by atoms with Crippen LogP contribution >= 0.6 is 12.2 Å². The summed E-state index contributed by atoms with van der Waals surface area (Å²) in [6.07, 6.45) is 0. The minimum Gasteiger partial charge on any atom is -0.389 e. The van der Waals surface area contributed by atoms with Crippen molar-refractivity contribution in [1.29, 1.82) is 5.26 Å². The van der Waals surface area contributed by atoms with Gasteiger partial charge in [0.25, 0.3) is 0 Å². The zero-order chi connectivity index (χ0) is 19.7. The van der Waals surface area contributed by atoms with E-state index in [9.17, 15) is 0 Å². The Morgan fingerprint density at radius 1 is 0.962 bits per heavy atom. The molecule has 0 aromatic rings. The van der Waals surface area contributed by atoms with E-state index in [4.69, 9.17) is 23.2 Å². The van der Waals surface area contributed by atoms with E-state index >= 15 is 0 Å². The van der Waals surface area contributed by atoms with Crippen LogP contribution in [0.1, 0.15) is 34.6 Å². The van der Waals surface area contributed by atoms with Crippen molar-refractivity contribution in [1.82, 2.24) is 20.0 Å². The number of hydrogen-bond donors (Lipinski definition) is 2. The standard InChI is InChI=1S/C12H20N4S.C7H16N2/c1-9(2)15-4-6-16(7-5-15)10(3)11(8-13)12(14)17;1-7(2)9-5-3-8-4-6-9/h9H,4-7H2,1-3H3,(H2,14,17);7-8H,3-6H2,1-2H3/b11-10-;. The van der Waals surface area contributed by atoms with Gasteiger partial charge in [-0.3, -0.25) is 9.80 Å². The summed E-state index contributed by atoms with van der Waals surface area (Å²) in [6, 6.07) is 3.40. The second kappa shape index (κ2) is 11.5. The molecule has 2 aliphatic rings. The lowest BCUT2D eigenvalue weighted by Gasteiger charge is -2.38. The largest absolute Gasteiger partial charge is 0.389 e. The highest BCUT2D eigenvalue weighted by Crippen LogP contribution is 2.14. The maximum Gasteiger partial charge on any atom is 0.116 e. The van der Waals surface area contributed by atoms with Crippen molar-refractivity contribution in [3.05, 3.63) is 11.3 Å². The van der Waals surface area contributed by atoms with Crippen LogP contribution in [0.25, 0.3) is 0 Å². The molecule has 6 nitrogen and oxygen atoms in total. The van der Waals surface area contributed by atoms with Gasteiger partial charge in [0.15, 0.2) is 0 Å². The lowest BCUT2D eigenvalue weighted by molar-refractivity contribution is 0.130. The number of nitrogens with two attached hydrogens (primary N) is 1. The van der Waals surface area contributed by atoms with Gasteiger partial charge in [-0.2, -0.15) is 5.26 Å². The third kappa shape index (κ3) is 7.20. The Kier molecular flexibility index (Phi) is 10.1. The Morgan fingerprint density at radius 2 is 1.42 bits per heavy atom. The van der Waals surface area contributed by atoms with Crippen LogP contribution in [-0.4, -0.2) is 84.1 Å². The highest BCUT2D eigenvalue weighted by atomic mass is 32.1. The van der Waals surface area contributed by atoms with Crippen molar-refractivity contribution < 1.29 is 0 Å². The highest BCUT2D eigenvalue weighted by molar-refractivity contribution is 7.80.